The summed E-state index contributed by atoms with van der Waals surface area (Å²) in [6.45, 7) is 2.14. The van der Waals surface area contributed by atoms with Crippen LogP contribution < -0.4 is 5.32 Å². The van der Waals surface area contributed by atoms with Gasteiger partial charge in [0.2, 0.25) is 0 Å². The van der Waals surface area contributed by atoms with Crippen molar-refractivity contribution >= 4 is 23.5 Å². The zero-order valence-corrected chi connectivity index (χ0v) is 20.1. The van der Waals surface area contributed by atoms with Gasteiger partial charge in [0.25, 0.3) is 5.91 Å². The van der Waals surface area contributed by atoms with Gasteiger partial charge in [-0.05, 0) is 54.1 Å². The Balaban J connectivity index is 1.34. The van der Waals surface area contributed by atoms with Crippen LogP contribution in [0.3, 0.4) is 0 Å². The first kappa shape index (κ1) is 24.0. The number of carbonyl (C=O) groups excluding carboxylic acids is 2. The van der Waals surface area contributed by atoms with E-state index in [9.17, 15) is 9.59 Å². The number of halogens is 1. The van der Waals surface area contributed by atoms with Crippen molar-refractivity contribution < 1.29 is 14.3 Å². The van der Waals surface area contributed by atoms with Gasteiger partial charge in [-0.2, -0.15) is 0 Å². The highest BCUT2D eigenvalue weighted by molar-refractivity contribution is 6.34. The lowest BCUT2D eigenvalue weighted by Gasteiger charge is -2.22. The standard InChI is InChI=1S/C28H29ClN2O3/c1-34-28(33)25-11-6-18-31(25)19-21-14-12-20(13-15-21)16-17-30-27(32)26-23(9-5-10-24(26)29)22-7-3-2-4-8-22/h2-5,7-10,12-15,25H,6,11,16-19H2,1H3,(H,30,32)/t25-/m0/s1. The molecule has 6 heteroatoms. The lowest BCUT2D eigenvalue weighted by Crippen LogP contribution is -2.36. The van der Waals surface area contributed by atoms with Crippen LogP contribution in [0.25, 0.3) is 11.1 Å². The summed E-state index contributed by atoms with van der Waals surface area (Å²) in [5.74, 6) is -0.331. The van der Waals surface area contributed by atoms with Gasteiger partial charge in [-0.1, -0.05) is 78.3 Å². The molecule has 1 saturated heterocycles. The Kier molecular flexibility index (Phi) is 7.99. The Morgan fingerprint density at radius 2 is 1.74 bits per heavy atom. The predicted molar refractivity (Wildman–Crippen MR) is 135 cm³/mol. The van der Waals surface area contributed by atoms with Crippen molar-refractivity contribution in [2.45, 2.75) is 31.8 Å². The molecule has 0 spiro atoms. The summed E-state index contributed by atoms with van der Waals surface area (Å²) in [5, 5.41) is 3.45. The minimum atomic E-state index is -0.177. The molecule has 3 aromatic carbocycles. The molecular weight excluding hydrogens is 448 g/mol. The number of methoxy groups -OCH3 is 1. The van der Waals surface area contributed by atoms with Gasteiger partial charge >= 0.3 is 5.97 Å². The van der Waals surface area contributed by atoms with Gasteiger partial charge in [-0.25, -0.2) is 0 Å². The third kappa shape index (κ3) is 5.66. The van der Waals surface area contributed by atoms with Crippen molar-refractivity contribution in [2.24, 2.45) is 0 Å². The molecule has 176 valence electrons. The van der Waals surface area contributed by atoms with E-state index < -0.39 is 0 Å². The van der Waals surface area contributed by atoms with Crippen molar-refractivity contribution in [3.05, 3.63) is 94.5 Å². The van der Waals surface area contributed by atoms with Crippen LogP contribution in [0.5, 0.6) is 0 Å². The molecular formula is C28H29ClN2O3. The maximum atomic E-state index is 13.0. The molecule has 3 aromatic rings. The van der Waals surface area contributed by atoms with E-state index in [0.29, 0.717) is 23.6 Å². The number of carbonyl (C=O) groups is 2. The smallest absolute Gasteiger partial charge is 0.323 e. The van der Waals surface area contributed by atoms with Crippen LogP contribution in [-0.4, -0.2) is 43.0 Å². The summed E-state index contributed by atoms with van der Waals surface area (Å²) in [6.07, 6.45) is 2.57. The summed E-state index contributed by atoms with van der Waals surface area (Å²) in [4.78, 5) is 27.1. The Morgan fingerprint density at radius 3 is 2.47 bits per heavy atom. The van der Waals surface area contributed by atoms with Crippen LogP contribution in [0.4, 0.5) is 0 Å². The number of hydrogen-bond acceptors (Lipinski definition) is 4. The van der Waals surface area contributed by atoms with Crippen LogP contribution in [0, 0.1) is 0 Å². The molecule has 0 saturated carbocycles. The SMILES string of the molecule is COC(=O)[C@@H]1CCCN1Cc1ccc(CCNC(=O)c2c(Cl)cccc2-c2ccccc2)cc1. The van der Waals surface area contributed by atoms with E-state index >= 15 is 0 Å². The Bertz CT molecular complexity index is 1130. The molecule has 0 aromatic heterocycles. The van der Waals surface area contributed by atoms with Crippen molar-refractivity contribution in [2.75, 3.05) is 20.2 Å². The molecule has 1 heterocycles. The first-order chi connectivity index (χ1) is 16.6. The fraction of sp³-hybridized carbons (Fsp3) is 0.286. The van der Waals surface area contributed by atoms with Gasteiger partial charge in [0.05, 0.1) is 17.7 Å². The van der Waals surface area contributed by atoms with E-state index in [1.54, 1.807) is 6.07 Å². The van der Waals surface area contributed by atoms with Gasteiger partial charge < -0.3 is 10.1 Å². The quantitative estimate of drug-likeness (QED) is 0.458. The number of benzene rings is 3. The van der Waals surface area contributed by atoms with Crippen molar-refractivity contribution in [3.63, 3.8) is 0 Å². The normalized spacial score (nSPS) is 15.8. The van der Waals surface area contributed by atoms with Crippen molar-refractivity contribution in [1.29, 1.82) is 0 Å². The maximum absolute atomic E-state index is 13.0. The molecule has 1 amide bonds. The fourth-order valence-corrected chi connectivity index (χ4v) is 4.75. The van der Waals surface area contributed by atoms with E-state index in [4.69, 9.17) is 16.3 Å². The highest BCUT2D eigenvalue weighted by Gasteiger charge is 2.31. The largest absolute Gasteiger partial charge is 0.468 e. The summed E-state index contributed by atoms with van der Waals surface area (Å²) in [7, 11) is 1.45. The van der Waals surface area contributed by atoms with E-state index in [2.05, 4.69) is 34.5 Å². The number of amides is 1. The van der Waals surface area contributed by atoms with Crippen LogP contribution in [0.15, 0.2) is 72.8 Å². The van der Waals surface area contributed by atoms with E-state index in [1.807, 2.05) is 42.5 Å². The number of nitrogens with zero attached hydrogens (tertiary/aromatic N) is 1. The van der Waals surface area contributed by atoms with Crippen molar-refractivity contribution in [3.8, 4) is 11.1 Å². The minimum absolute atomic E-state index is 0.148. The van der Waals surface area contributed by atoms with Gasteiger partial charge in [0.1, 0.15) is 6.04 Å². The highest BCUT2D eigenvalue weighted by Crippen LogP contribution is 2.29. The monoisotopic (exact) mass is 476 g/mol. The molecule has 0 unspecified atom stereocenters. The molecule has 1 N–H and O–H groups in total. The van der Waals surface area contributed by atoms with Gasteiger partial charge in [-0.15, -0.1) is 0 Å². The fourth-order valence-electron chi connectivity index (χ4n) is 4.49. The second kappa shape index (κ2) is 11.3. The van der Waals surface area contributed by atoms with Gasteiger partial charge in [-0.3, -0.25) is 14.5 Å². The van der Waals surface area contributed by atoms with Crippen LogP contribution in [0.1, 0.15) is 34.3 Å². The lowest BCUT2D eigenvalue weighted by molar-refractivity contribution is -0.146. The molecule has 34 heavy (non-hydrogen) atoms. The third-order valence-electron chi connectivity index (χ3n) is 6.27. The molecule has 1 aliphatic rings. The summed E-state index contributed by atoms with van der Waals surface area (Å²) in [6, 6.07) is 23.5. The van der Waals surface area contributed by atoms with Crippen LogP contribution >= 0.6 is 11.6 Å². The number of ether oxygens (including phenoxy) is 1. The number of nitrogens with one attached hydrogen (secondary N) is 1. The number of likely N-dealkylation sites (tertiary alicyclic amines) is 1. The first-order valence-corrected chi connectivity index (χ1v) is 12.0. The zero-order chi connectivity index (χ0) is 23.9. The molecule has 0 aliphatic carbocycles. The van der Waals surface area contributed by atoms with Crippen LogP contribution in [0.2, 0.25) is 5.02 Å². The molecule has 4 rings (SSSR count). The van der Waals surface area contributed by atoms with Crippen LogP contribution in [-0.2, 0) is 22.5 Å². The number of rotatable bonds is 8. The Labute approximate surface area is 205 Å². The van der Waals surface area contributed by atoms with Gasteiger partial charge in [0.15, 0.2) is 0 Å². The van der Waals surface area contributed by atoms with Gasteiger partial charge in [0, 0.05) is 13.1 Å². The van der Waals surface area contributed by atoms with E-state index in [1.165, 1.54) is 7.11 Å². The van der Waals surface area contributed by atoms with Crippen molar-refractivity contribution in [1.82, 2.24) is 10.2 Å². The second-order valence-corrected chi connectivity index (χ2v) is 8.91. The predicted octanol–water partition coefficient (Wildman–Crippen LogP) is 5.12. The minimum Gasteiger partial charge on any atom is -0.468 e. The summed E-state index contributed by atoms with van der Waals surface area (Å²) >= 11 is 6.40. The van der Waals surface area contributed by atoms with E-state index in [0.717, 1.165) is 48.2 Å². The maximum Gasteiger partial charge on any atom is 0.323 e. The molecule has 1 fully saturated rings. The highest BCUT2D eigenvalue weighted by atomic mass is 35.5. The zero-order valence-electron chi connectivity index (χ0n) is 19.3. The molecule has 0 bridgehead atoms. The lowest BCUT2D eigenvalue weighted by atomic mass is 9.99. The summed E-state index contributed by atoms with van der Waals surface area (Å²) < 4.78 is 4.93. The molecule has 1 atom stereocenters. The molecule has 0 radical (unpaired) electrons. The summed E-state index contributed by atoms with van der Waals surface area (Å²) in [5.41, 5.74) is 4.57. The third-order valence-corrected chi connectivity index (χ3v) is 6.59. The Hall–Kier alpha value is -3.15. The number of hydrogen-bond donors (Lipinski definition) is 1. The average Bonchev–Trinajstić information content (AvgIpc) is 3.33. The topological polar surface area (TPSA) is 58.6 Å². The van der Waals surface area contributed by atoms with E-state index in [-0.39, 0.29) is 17.9 Å². The molecule has 1 aliphatic heterocycles. The second-order valence-electron chi connectivity index (χ2n) is 8.50. The average molecular weight is 477 g/mol. The Morgan fingerprint density at radius 1 is 1.00 bits per heavy atom. The number of esters is 1. The molecule has 5 nitrogen and oxygen atoms in total. The first-order valence-electron chi connectivity index (χ1n) is 11.6.